The highest BCUT2D eigenvalue weighted by Crippen LogP contribution is 2.23. The Morgan fingerprint density at radius 1 is 1.47 bits per heavy atom. The zero-order valence-electron chi connectivity index (χ0n) is 10.5. The molecule has 0 bridgehead atoms. The van der Waals surface area contributed by atoms with Crippen LogP contribution in [0.2, 0.25) is 0 Å². The second-order valence-electron chi connectivity index (χ2n) is 4.67. The number of hydrogen-bond donors (Lipinski definition) is 3. The van der Waals surface area contributed by atoms with Crippen LogP contribution in [0.15, 0.2) is 0 Å². The standard InChI is InChI=1S/C12H24N2O3/c1-2-17-8-11(15)7-14-10-5-3-9(4-6-10)12(13)16/h9-11,14-15H,2-8H2,1H3,(H2,13,16). The molecular formula is C12H24N2O3. The summed E-state index contributed by atoms with van der Waals surface area (Å²) in [7, 11) is 0. The van der Waals surface area contributed by atoms with Gasteiger partial charge in [-0.05, 0) is 32.6 Å². The molecule has 0 aromatic heterocycles. The second kappa shape index (κ2) is 7.63. The van der Waals surface area contributed by atoms with Crippen molar-refractivity contribution in [3.8, 4) is 0 Å². The van der Waals surface area contributed by atoms with Gasteiger partial charge in [-0.1, -0.05) is 0 Å². The first-order chi connectivity index (χ1) is 8.13. The van der Waals surface area contributed by atoms with E-state index in [0.717, 1.165) is 25.7 Å². The highest BCUT2D eigenvalue weighted by Gasteiger charge is 2.24. The Morgan fingerprint density at radius 2 is 2.12 bits per heavy atom. The first-order valence-electron chi connectivity index (χ1n) is 6.42. The molecule has 5 nitrogen and oxygen atoms in total. The van der Waals surface area contributed by atoms with E-state index < -0.39 is 6.10 Å². The number of amides is 1. The molecule has 0 aromatic rings. The minimum absolute atomic E-state index is 0.0430. The van der Waals surface area contributed by atoms with Gasteiger partial charge >= 0.3 is 0 Å². The van der Waals surface area contributed by atoms with Gasteiger partial charge in [-0.3, -0.25) is 4.79 Å². The van der Waals surface area contributed by atoms with Crippen LogP contribution in [0.5, 0.6) is 0 Å². The van der Waals surface area contributed by atoms with Gasteiger partial charge in [0.15, 0.2) is 0 Å². The molecule has 17 heavy (non-hydrogen) atoms. The van der Waals surface area contributed by atoms with Crippen LogP contribution in [0.1, 0.15) is 32.6 Å². The monoisotopic (exact) mass is 244 g/mol. The molecule has 1 amide bonds. The summed E-state index contributed by atoms with van der Waals surface area (Å²) in [6, 6.07) is 0.391. The van der Waals surface area contributed by atoms with Gasteiger partial charge in [0, 0.05) is 25.1 Å². The molecule has 0 heterocycles. The quantitative estimate of drug-likeness (QED) is 0.589. The number of aliphatic hydroxyl groups is 1. The van der Waals surface area contributed by atoms with Crippen LogP contribution in [0.4, 0.5) is 0 Å². The SMILES string of the molecule is CCOCC(O)CNC1CCC(C(N)=O)CC1. The number of nitrogens with two attached hydrogens (primary N) is 1. The summed E-state index contributed by atoms with van der Waals surface area (Å²) in [5.74, 6) is -0.138. The van der Waals surface area contributed by atoms with Crippen molar-refractivity contribution in [3.63, 3.8) is 0 Å². The van der Waals surface area contributed by atoms with E-state index in [1.54, 1.807) is 0 Å². The van der Waals surface area contributed by atoms with Crippen molar-refractivity contribution in [3.05, 3.63) is 0 Å². The van der Waals surface area contributed by atoms with E-state index in [0.29, 0.717) is 25.8 Å². The van der Waals surface area contributed by atoms with Crippen molar-refractivity contribution in [1.82, 2.24) is 5.32 Å². The normalized spacial score (nSPS) is 26.7. The third kappa shape index (κ3) is 5.48. The maximum absolute atomic E-state index is 11.0. The van der Waals surface area contributed by atoms with E-state index >= 15 is 0 Å². The number of nitrogens with one attached hydrogen (secondary N) is 1. The Labute approximate surface area is 103 Å². The number of carbonyl (C=O) groups excluding carboxylic acids is 1. The van der Waals surface area contributed by atoms with Crippen LogP contribution in [0, 0.1) is 5.92 Å². The van der Waals surface area contributed by atoms with E-state index in [4.69, 9.17) is 10.5 Å². The summed E-state index contributed by atoms with van der Waals surface area (Å²) in [4.78, 5) is 11.0. The minimum Gasteiger partial charge on any atom is -0.389 e. The van der Waals surface area contributed by atoms with E-state index in [9.17, 15) is 9.90 Å². The average Bonchev–Trinajstić information content (AvgIpc) is 2.34. The molecule has 1 rings (SSSR count). The largest absolute Gasteiger partial charge is 0.389 e. The van der Waals surface area contributed by atoms with Gasteiger partial charge in [0.2, 0.25) is 5.91 Å². The summed E-state index contributed by atoms with van der Waals surface area (Å²) in [6.45, 7) is 3.46. The van der Waals surface area contributed by atoms with Crippen LogP contribution < -0.4 is 11.1 Å². The maximum atomic E-state index is 11.0. The van der Waals surface area contributed by atoms with Gasteiger partial charge < -0.3 is 20.9 Å². The van der Waals surface area contributed by atoms with Crippen LogP contribution in [-0.2, 0) is 9.53 Å². The summed E-state index contributed by atoms with van der Waals surface area (Å²) in [6.07, 6.45) is 3.16. The number of hydrogen-bond acceptors (Lipinski definition) is 4. The first kappa shape index (κ1) is 14.4. The summed E-state index contributed by atoms with van der Waals surface area (Å²) < 4.78 is 5.13. The summed E-state index contributed by atoms with van der Waals surface area (Å²) in [5.41, 5.74) is 5.27. The number of primary amides is 1. The fraction of sp³-hybridized carbons (Fsp3) is 0.917. The molecule has 0 spiro atoms. The molecule has 4 N–H and O–H groups in total. The molecule has 1 aliphatic rings. The maximum Gasteiger partial charge on any atom is 0.220 e. The highest BCUT2D eigenvalue weighted by atomic mass is 16.5. The molecule has 1 unspecified atom stereocenters. The van der Waals surface area contributed by atoms with Crippen LogP contribution in [0.3, 0.4) is 0 Å². The third-order valence-electron chi connectivity index (χ3n) is 3.29. The zero-order chi connectivity index (χ0) is 12.7. The molecule has 1 aliphatic carbocycles. The molecule has 1 fully saturated rings. The Hall–Kier alpha value is -0.650. The topological polar surface area (TPSA) is 84.6 Å². The zero-order valence-corrected chi connectivity index (χ0v) is 10.5. The van der Waals surface area contributed by atoms with Crippen molar-refractivity contribution < 1.29 is 14.6 Å². The van der Waals surface area contributed by atoms with Gasteiger partial charge in [-0.2, -0.15) is 0 Å². The van der Waals surface area contributed by atoms with Crippen LogP contribution >= 0.6 is 0 Å². The van der Waals surface area contributed by atoms with E-state index in [1.807, 2.05) is 6.92 Å². The van der Waals surface area contributed by atoms with Crippen LogP contribution in [0.25, 0.3) is 0 Å². The van der Waals surface area contributed by atoms with Crippen molar-refractivity contribution in [2.45, 2.75) is 44.8 Å². The lowest BCUT2D eigenvalue weighted by atomic mass is 9.85. The molecule has 0 saturated heterocycles. The lowest BCUT2D eigenvalue weighted by Gasteiger charge is -2.28. The summed E-state index contributed by atoms with van der Waals surface area (Å²) in [5, 5.41) is 12.9. The molecule has 5 heteroatoms. The van der Waals surface area contributed by atoms with Gasteiger partial charge in [0.05, 0.1) is 12.7 Å². The minimum atomic E-state index is -0.455. The predicted molar refractivity (Wildman–Crippen MR) is 65.4 cm³/mol. The number of rotatable bonds is 7. The molecule has 100 valence electrons. The first-order valence-corrected chi connectivity index (χ1v) is 6.42. The van der Waals surface area contributed by atoms with Crippen molar-refractivity contribution in [2.75, 3.05) is 19.8 Å². The molecular weight excluding hydrogens is 220 g/mol. The smallest absolute Gasteiger partial charge is 0.220 e. The lowest BCUT2D eigenvalue weighted by molar-refractivity contribution is -0.122. The molecule has 1 saturated carbocycles. The number of aliphatic hydroxyl groups excluding tert-OH is 1. The Bertz CT molecular complexity index is 228. The van der Waals surface area contributed by atoms with Crippen molar-refractivity contribution in [1.29, 1.82) is 0 Å². The average molecular weight is 244 g/mol. The highest BCUT2D eigenvalue weighted by molar-refractivity contribution is 5.76. The van der Waals surface area contributed by atoms with Gasteiger partial charge in [0.25, 0.3) is 0 Å². The molecule has 1 atom stereocenters. The Kier molecular flexibility index (Phi) is 6.47. The second-order valence-corrected chi connectivity index (χ2v) is 4.67. The molecule has 0 radical (unpaired) electrons. The van der Waals surface area contributed by atoms with Gasteiger partial charge in [-0.25, -0.2) is 0 Å². The van der Waals surface area contributed by atoms with Gasteiger partial charge in [-0.15, -0.1) is 0 Å². The summed E-state index contributed by atoms with van der Waals surface area (Å²) >= 11 is 0. The van der Waals surface area contributed by atoms with E-state index in [2.05, 4.69) is 5.32 Å². The van der Waals surface area contributed by atoms with Crippen molar-refractivity contribution >= 4 is 5.91 Å². The van der Waals surface area contributed by atoms with E-state index in [-0.39, 0.29) is 11.8 Å². The predicted octanol–water partition coefficient (Wildman–Crippen LogP) is 0.0175. The number of ether oxygens (including phenoxy) is 1. The molecule has 0 aromatic carbocycles. The Balaban J connectivity index is 2.11. The van der Waals surface area contributed by atoms with E-state index in [1.165, 1.54) is 0 Å². The lowest BCUT2D eigenvalue weighted by Crippen LogP contribution is -2.41. The van der Waals surface area contributed by atoms with Crippen LogP contribution in [-0.4, -0.2) is 42.9 Å². The molecule has 0 aliphatic heterocycles. The third-order valence-corrected chi connectivity index (χ3v) is 3.29. The number of carbonyl (C=O) groups is 1. The van der Waals surface area contributed by atoms with Crippen molar-refractivity contribution in [2.24, 2.45) is 11.7 Å². The fourth-order valence-corrected chi connectivity index (χ4v) is 2.20. The fourth-order valence-electron chi connectivity index (χ4n) is 2.20. The van der Waals surface area contributed by atoms with Gasteiger partial charge in [0.1, 0.15) is 0 Å². The Morgan fingerprint density at radius 3 is 2.65 bits per heavy atom.